The fourth-order valence-electron chi connectivity index (χ4n) is 1.77. The molecule has 1 aromatic carbocycles. The molecule has 0 aliphatic carbocycles. The van der Waals surface area contributed by atoms with Gasteiger partial charge >= 0.3 is 0 Å². The summed E-state index contributed by atoms with van der Waals surface area (Å²) in [6, 6.07) is 2.37. The largest absolute Gasteiger partial charge is 0.399 e. The Balaban J connectivity index is 2.47. The lowest BCUT2D eigenvalue weighted by Crippen LogP contribution is -1.98. The van der Waals surface area contributed by atoms with Gasteiger partial charge < -0.3 is 5.73 Å². The molecule has 0 aliphatic heterocycles. The van der Waals surface area contributed by atoms with Crippen LogP contribution in [0.1, 0.15) is 44.6 Å². The van der Waals surface area contributed by atoms with Crippen molar-refractivity contribution in [2.45, 2.75) is 45.4 Å². The third kappa shape index (κ3) is 3.80. The zero-order valence-corrected chi connectivity index (χ0v) is 9.73. The van der Waals surface area contributed by atoms with Gasteiger partial charge in [-0.1, -0.05) is 32.6 Å². The van der Waals surface area contributed by atoms with Crippen molar-refractivity contribution in [1.82, 2.24) is 0 Å². The molecule has 0 bridgehead atoms. The second-order valence-corrected chi connectivity index (χ2v) is 4.13. The van der Waals surface area contributed by atoms with Crippen LogP contribution in [-0.2, 0) is 6.42 Å². The number of anilines is 1. The van der Waals surface area contributed by atoms with Crippen molar-refractivity contribution in [3.05, 3.63) is 29.3 Å². The second-order valence-electron chi connectivity index (χ2n) is 4.13. The van der Waals surface area contributed by atoms with Gasteiger partial charge in [-0.05, 0) is 25.0 Å². The Hall–Kier alpha value is -1.12. The van der Waals surface area contributed by atoms with Gasteiger partial charge in [0.15, 0.2) is 0 Å². The lowest BCUT2D eigenvalue weighted by Gasteiger charge is -2.06. The molecule has 0 spiro atoms. The minimum absolute atomic E-state index is 0.143. The maximum Gasteiger partial charge on any atom is 0.131 e. The smallest absolute Gasteiger partial charge is 0.131 e. The van der Waals surface area contributed by atoms with E-state index in [2.05, 4.69) is 6.92 Å². The minimum atomic E-state index is -0.520. The van der Waals surface area contributed by atoms with E-state index in [0.29, 0.717) is 6.42 Å². The van der Waals surface area contributed by atoms with Crippen LogP contribution in [0.15, 0.2) is 12.1 Å². The molecule has 90 valence electrons. The number of hydrogen-bond acceptors (Lipinski definition) is 1. The predicted molar refractivity (Wildman–Crippen MR) is 63.2 cm³/mol. The summed E-state index contributed by atoms with van der Waals surface area (Å²) in [6.45, 7) is 2.14. The third-order valence-electron chi connectivity index (χ3n) is 2.69. The first-order valence-electron chi connectivity index (χ1n) is 5.88. The van der Waals surface area contributed by atoms with Gasteiger partial charge in [0, 0.05) is 11.3 Å². The highest BCUT2D eigenvalue weighted by Gasteiger charge is 2.09. The average molecular weight is 227 g/mol. The van der Waals surface area contributed by atoms with Gasteiger partial charge in [-0.15, -0.1) is 0 Å². The number of unbranched alkanes of at least 4 members (excludes halogenated alkanes) is 4. The van der Waals surface area contributed by atoms with Crippen LogP contribution in [0.3, 0.4) is 0 Å². The Morgan fingerprint density at radius 2 is 1.56 bits per heavy atom. The number of hydrogen-bond donors (Lipinski definition) is 1. The van der Waals surface area contributed by atoms with Crippen molar-refractivity contribution in [2.24, 2.45) is 0 Å². The summed E-state index contributed by atoms with van der Waals surface area (Å²) in [5, 5.41) is 0. The molecule has 0 saturated carbocycles. The Kier molecular flexibility index (Phi) is 5.23. The van der Waals surface area contributed by atoms with Gasteiger partial charge in [0.1, 0.15) is 11.6 Å². The van der Waals surface area contributed by atoms with E-state index in [4.69, 9.17) is 5.73 Å². The maximum atomic E-state index is 13.4. The minimum Gasteiger partial charge on any atom is -0.399 e. The Labute approximate surface area is 95.7 Å². The van der Waals surface area contributed by atoms with Crippen LogP contribution in [0.4, 0.5) is 14.5 Å². The van der Waals surface area contributed by atoms with E-state index < -0.39 is 11.6 Å². The van der Waals surface area contributed by atoms with Gasteiger partial charge in [-0.25, -0.2) is 8.78 Å². The summed E-state index contributed by atoms with van der Waals surface area (Å²) in [6.07, 6.45) is 5.81. The molecule has 1 nitrogen and oxygen atoms in total. The zero-order valence-electron chi connectivity index (χ0n) is 9.73. The molecule has 2 N–H and O–H groups in total. The van der Waals surface area contributed by atoms with Crippen molar-refractivity contribution in [2.75, 3.05) is 5.73 Å². The van der Waals surface area contributed by atoms with E-state index in [1.54, 1.807) is 0 Å². The van der Waals surface area contributed by atoms with Gasteiger partial charge in [-0.2, -0.15) is 0 Å². The molecule has 0 unspecified atom stereocenters. The van der Waals surface area contributed by atoms with Crippen molar-refractivity contribution in [1.29, 1.82) is 0 Å². The summed E-state index contributed by atoms with van der Waals surface area (Å²) in [7, 11) is 0. The first kappa shape index (κ1) is 12.9. The van der Waals surface area contributed by atoms with E-state index in [1.165, 1.54) is 25.0 Å². The molecule has 3 heteroatoms. The van der Waals surface area contributed by atoms with E-state index in [9.17, 15) is 8.78 Å². The van der Waals surface area contributed by atoms with Crippen molar-refractivity contribution < 1.29 is 8.78 Å². The number of benzene rings is 1. The summed E-state index contributed by atoms with van der Waals surface area (Å²) >= 11 is 0. The first-order valence-corrected chi connectivity index (χ1v) is 5.88. The zero-order chi connectivity index (χ0) is 12.0. The first-order chi connectivity index (χ1) is 7.65. The predicted octanol–water partition coefficient (Wildman–Crippen LogP) is 4.06. The highest BCUT2D eigenvalue weighted by molar-refractivity contribution is 5.41. The van der Waals surface area contributed by atoms with Crippen molar-refractivity contribution in [3.8, 4) is 0 Å². The molecule has 0 saturated heterocycles. The molecular formula is C13H19F2N. The molecule has 0 fully saturated rings. The molecule has 0 heterocycles. The molecular weight excluding hydrogens is 208 g/mol. The molecule has 16 heavy (non-hydrogen) atoms. The van der Waals surface area contributed by atoms with E-state index in [-0.39, 0.29) is 11.3 Å². The van der Waals surface area contributed by atoms with Crippen molar-refractivity contribution >= 4 is 5.69 Å². The Bertz CT molecular complexity index is 314. The SMILES string of the molecule is CCCCCCCc1c(F)cc(N)cc1F. The Morgan fingerprint density at radius 1 is 1.00 bits per heavy atom. The maximum absolute atomic E-state index is 13.4. The van der Waals surface area contributed by atoms with Crippen LogP contribution in [0.25, 0.3) is 0 Å². The van der Waals surface area contributed by atoms with Crippen LogP contribution in [0, 0.1) is 11.6 Å². The summed E-state index contributed by atoms with van der Waals surface area (Å²) in [4.78, 5) is 0. The average Bonchev–Trinajstić information content (AvgIpc) is 2.20. The summed E-state index contributed by atoms with van der Waals surface area (Å²) in [5.74, 6) is -1.04. The molecule has 0 amide bonds. The van der Waals surface area contributed by atoms with Gasteiger partial charge in [0.05, 0.1) is 0 Å². The van der Waals surface area contributed by atoms with Crippen molar-refractivity contribution in [3.63, 3.8) is 0 Å². The number of nitrogen functional groups attached to an aromatic ring is 1. The normalized spacial score (nSPS) is 10.7. The fraction of sp³-hybridized carbons (Fsp3) is 0.538. The number of halogens is 2. The van der Waals surface area contributed by atoms with Crippen LogP contribution < -0.4 is 5.73 Å². The molecule has 0 aromatic heterocycles. The van der Waals surface area contributed by atoms with E-state index >= 15 is 0 Å². The fourth-order valence-corrected chi connectivity index (χ4v) is 1.77. The van der Waals surface area contributed by atoms with Crippen LogP contribution in [0.5, 0.6) is 0 Å². The summed E-state index contributed by atoms with van der Waals surface area (Å²) < 4.78 is 26.7. The Morgan fingerprint density at radius 3 is 2.12 bits per heavy atom. The third-order valence-corrected chi connectivity index (χ3v) is 2.69. The van der Waals surface area contributed by atoms with Gasteiger partial charge in [-0.3, -0.25) is 0 Å². The standard InChI is InChI=1S/C13H19F2N/c1-2-3-4-5-6-7-11-12(14)8-10(16)9-13(11)15/h8-9H,2-7,16H2,1H3. The quantitative estimate of drug-likeness (QED) is 0.575. The van der Waals surface area contributed by atoms with Crippen LogP contribution in [-0.4, -0.2) is 0 Å². The molecule has 0 atom stereocenters. The van der Waals surface area contributed by atoms with E-state index in [1.807, 2.05) is 0 Å². The van der Waals surface area contributed by atoms with Gasteiger partial charge in [0.2, 0.25) is 0 Å². The highest BCUT2D eigenvalue weighted by atomic mass is 19.1. The lowest BCUT2D eigenvalue weighted by atomic mass is 10.0. The number of nitrogens with two attached hydrogens (primary N) is 1. The van der Waals surface area contributed by atoms with Crippen LogP contribution >= 0.6 is 0 Å². The monoisotopic (exact) mass is 227 g/mol. The topological polar surface area (TPSA) is 26.0 Å². The van der Waals surface area contributed by atoms with Gasteiger partial charge in [0.25, 0.3) is 0 Å². The lowest BCUT2D eigenvalue weighted by molar-refractivity contribution is 0.541. The molecule has 0 aliphatic rings. The molecule has 0 radical (unpaired) electrons. The highest BCUT2D eigenvalue weighted by Crippen LogP contribution is 2.19. The van der Waals surface area contributed by atoms with Crippen LogP contribution in [0.2, 0.25) is 0 Å². The summed E-state index contributed by atoms with van der Waals surface area (Å²) in [5.41, 5.74) is 5.66. The second kappa shape index (κ2) is 6.46. The molecule has 1 rings (SSSR count). The number of rotatable bonds is 6. The molecule has 1 aromatic rings. The van der Waals surface area contributed by atoms with E-state index in [0.717, 1.165) is 19.3 Å².